The van der Waals surface area contributed by atoms with Crippen molar-refractivity contribution in [2.45, 2.75) is 13.0 Å². The molecule has 0 fully saturated rings. The van der Waals surface area contributed by atoms with Gasteiger partial charge in [-0.25, -0.2) is 0 Å². The van der Waals surface area contributed by atoms with Gasteiger partial charge < -0.3 is 10.5 Å². The highest BCUT2D eigenvalue weighted by Crippen LogP contribution is 2.22. The summed E-state index contributed by atoms with van der Waals surface area (Å²) >= 11 is 5.96. The zero-order valence-corrected chi connectivity index (χ0v) is 8.64. The number of nitrogens with two attached hydrogens (primary N) is 1. The van der Waals surface area contributed by atoms with Gasteiger partial charge in [0, 0.05) is 12.1 Å². The van der Waals surface area contributed by atoms with Crippen molar-refractivity contribution in [3.63, 3.8) is 0 Å². The zero-order chi connectivity index (χ0) is 9.84. The monoisotopic (exact) mass is 199 g/mol. The first-order valence-corrected chi connectivity index (χ1v) is 4.54. The average molecular weight is 200 g/mol. The Hall–Kier alpha value is -0.570. The Kier molecular flexibility index (Phi) is 3.72. The molecule has 0 spiro atoms. The molecule has 0 aliphatic heterocycles. The van der Waals surface area contributed by atoms with Gasteiger partial charge in [0.15, 0.2) is 0 Å². The molecular formula is C10H14ClNO. The van der Waals surface area contributed by atoms with E-state index in [2.05, 4.69) is 0 Å². The molecule has 0 heterocycles. The van der Waals surface area contributed by atoms with Crippen LogP contribution in [-0.2, 0) is 4.74 Å². The van der Waals surface area contributed by atoms with Gasteiger partial charge in [-0.1, -0.05) is 23.7 Å². The van der Waals surface area contributed by atoms with Crippen molar-refractivity contribution in [2.24, 2.45) is 5.73 Å². The van der Waals surface area contributed by atoms with Gasteiger partial charge in [-0.3, -0.25) is 0 Å². The van der Waals surface area contributed by atoms with E-state index < -0.39 is 0 Å². The molecular weight excluding hydrogens is 186 g/mol. The van der Waals surface area contributed by atoms with E-state index in [1.54, 1.807) is 7.11 Å². The molecule has 1 aromatic carbocycles. The maximum atomic E-state index is 5.96. The molecule has 2 nitrogen and oxygen atoms in total. The van der Waals surface area contributed by atoms with Crippen LogP contribution < -0.4 is 5.73 Å². The lowest BCUT2D eigenvalue weighted by Gasteiger charge is -2.14. The summed E-state index contributed by atoms with van der Waals surface area (Å²) in [6, 6.07) is 5.65. The first-order valence-electron chi connectivity index (χ1n) is 4.16. The van der Waals surface area contributed by atoms with E-state index >= 15 is 0 Å². The molecule has 1 atom stereocenters. The number of ether oxygens (including phenoxy) is 1. The first-order chi connectivity index (χ1) is 6.16. The van der Waals surface area contributed by atoms with E-state index in [1.165, 1.54) is 0 Å². The Balaban J connectivity index is 2.93. The third kappa shape index (κ3) is 2.44. The van der Waals surface area contributed by atoms with Gasteiger partial charge in [-0.2, -0.15) is 0 Å². The Labute approximate surface area is 83.6 Å². The van der Waals surface area contributed by atoms with Crippen molar-refractivity contribution in [2.75, 3.05) is 13.7 Å². The fourth-order valence-corrected chi connectivity index (χ4v) is 1.48. The Morgan fingerprint density at radius 1 is 1.54 bits per heavy atom. The van der Waals surface area contributed by atoms with Crippen molar-refractivity contribution in [3.05, 3.63) is 34.3 Å². The molecule has 2 N–H and O–H groups in total. The molecule has 0 aromatic heterocycles. The number of rotatable bonds is 3. The summed E-state index contributed by atoms with van der Waals surface area (Å²) < 4.78 is 4.98. The second-order valence-corrected chi connectivity index (χ2v) is 3.42. The van der Waals surface area contributed by atoms with Gasteiger partial charge in [0.25, 0.3) is 0 Å². The third-order valence-electron chi connectivity index (χ3n) is 2.06. The molecule has 72 valence electrons. The van der Waals surface area contributed by atoms with Crippen molar-refractivity contribution in [1.82, 2.24) is 0 Å². The number of hydrogen-bond donors (Lipinski definition) is 1. The Morgan fingerprint density at radius 2 is 2.23 bits per heavy atom. The van der Waals surface area contributed by atoms with Gasteiger partial charge in [0.2, 0.25) is 0 Å². The molecule has 1 aromatic rings. The summed E-state index contributed by atoms with van der Waals surface area (Å²) in [5, 5.41) is 0.754. The largest absolute Gasteiger partial charge is 0.383 e. The predicted octanol–water partition coefficient (Wildman–Crippen LogP) is 2.29. The molecule has 0 saturated carbocycles. The van der Waals surface area contributed by atoms with Crippen LogP contribution in [0.5, 0.6) is 0 Å². The predicted molar refractivity (Wildman–Crippen MR) is 55.0 cm³/mol. The molecule has 0 radical (unpaired) electrons. The van der Waals surface area contributed by atoms with Crippen LogP contribution >= 0.6 is 11.6 Å². The van der Waals surface area contributed by atoms with E-state index in [0.717, 1.165) is 16.1 Å². The Bertz CT molecular complexity index is 288. The lowest BCUT2D eigenvalue weighted by atomic mass is 10.0. The van der Waals surface area contributed by atoms with Crippen LogP contribution in [0.25, 0.3) is 0 Å². The van der Waals surface area contributed by atoms with Crippen molar-refractivity contribution in [3.8, 4) is 0 Å². The highest BCUT2D eigenvalue weighted by Gasteiger charge is 2.09. The van der Waals surface area contributed by atoms with E-state index in [9.17, 15) is 0 Å². The number of benzene rings is 1. The minimum Gasteiger partial charge on any atom is -0.383 e. The summed E-state index contributed by atoms with van der Waals surface area (Å²) in [5.41, 5.74) is 7.98. The molecule has 0 saturated heterocycles. The van der Waals surface area contributed by atoms with E-state index in [0.29, 0.717) is 6.61 Å². The van der Waals surface area contributed by atoms with Gasteiger partial charge >= 0.3 is 0 Å². The molecule has 1 unspecified atom stereocenters. The summed E-state index contributed by atoms with van der Waals surface area (Å²) in [6.07, 6.45) is 0. The highest BCUT2D eigenvalue weighted by molar-refractivity contribution is 6.31. The fraction of sp³-hybridized carbons (Fsp3) is 0.400. The number of hydrogen-bond acceptors (Lipinski definition) is 2. The summed E-state index contributed by atoms with van der Waals surface area (Å²) in [6.45, 7) is 2.48. The maximum absolute atomic E-state index is 5.96. The van der Waals surface area contributed by atoms with Gasteiger partial charge in [-0.15, -0.1) is 0 Å². The molecule has 1 rings (SSSR count). The molecule has 0 aliphatic carbocycles. The van der Waals surface area contributed by atoms with Crippen LogP contribution in [0.2, 0.25) is 5.02 Å². The topological polar surface area (TPSA) is 35.2 Å². The standard InChI is InChI=1S/C10H14ClNO/c1-7-8(10(12)6-13-2)4-3-5-9(7)11/h3-5,10H,6,12H2,1-2H3. The van der Waals surface area contributed by atoms with Crippen LogP contribution in [0.3, 0.4) is 0 Å². The summed E-state index contributed by atoms with van der Waals surface area (Å²) in [5.74, 6) is 0. The van der Waals surface area contributed by atoms with Gasteiger partial charge in [0.1, 0.15) is 0 Å². The van der Waals surface area contributed by atoms with E-state index in [1.807, 2.05) is 25.1 Å². The molecule has 0 bridgehead atoms. The lowest BCUT2D eigenvalue weighted by Crippen LogP contribution is -2.17. The molecule has 3 heteroatoms. The minimum absolute atomic E-state index is 0.0938. The SMILES string of the molecule is COCC(N)c1cccc(Cl)c1C. The normalized spacial score (nSPS) is 12.9. The second-order valence-electron chi connectivity index (χ2n) is 3.02. The lowest BCUT2D eigenvalue weighted by molar-refractivity contribution is 0.180. The third-order valence-corrected chi connectivity index (χ3v) is 2.46. The van der Waals surface area contributed by atoms with Crippen molar-refractivity contribution < 1.29 is 4.74 Å². The van der Waals surface area contributed by atoms with Crippen molar-refractivity contribution in [1.29, 1.82) is 0 Å². The Morgan fingerprint density at radius 3 is 2.85 bits per heavy atom. The molecule has 0 amide bonds. The quantitative estimate of drug-likeness (QED) is 0.811. The first kappa shape index (κ1) is 10.5. The summed E-state index contributed by atoms with van der Waals surface area (Å²) in [4.78, 5) is 0. The van der Waals surface area contributed by atoms with Crippen LogP contribution in [0.15, 0.2) is 18.2 Å². The average Bonchev–Trinajstić information content (AvgIpc) is 2.10. The van der Waals surface area contributed by atoms with Gasteiger partial charge in [0.05, 0.1) is 12.6 Å². The van der Waals surface area contributed by atoms with Crippen LogP contribution in [-0.4, -0.2) is 13.7 Å². The van der Waals surface area contributed by atoms with E-state index in [-0.39, 0.29) is 6.04 Å². The second kappa shape index (κ2) is 4.61. The number of methoxy groups -OCH3 is 1. The smallest absolute Gasteiger partial charge is 0.0655 e. The van der Waals surface area contributed by atoms with Crippen LogP contribution in [0.1, 0.15) is 17.2 Å². The molecule has 0 aliphatic rings. The highest BCUT2D eigenvalue weighted by atomic mass is 35.5. The number of halogens is 1. The van der Waals surface area contributed by atoms with Crippen LogP contribution in [0.4, 0.5) is 0 Å². The zero-order valence-electron chi connectivity index (χ0n) is 7.88. The fourth-order valence-electron chi connectivity index (χ4n) is 1.30. The van der Waals surface area contributed by atoms with Crippen LogP contribution in [0, 0.1) is 6.92 Å². The summed E-state index contributed by atoms with van der Waals surface area (Å²) in [7, 11) is 1.64. The minimum atomic E-state index is -0.0938. The van der Waals surface area contributed by atoms with Crippen molar-refractivity contribution >= 4 is 11.6 Å². The van der Waals surface area contributed by atoms with Gasteiger partial charge in [-0.05, 0) is 24.1 Å². The van der Waals surface area contributed by atoms with E-state index in [4.69, 9.17) is 22.1 Å². The maximum Gasteiger partial charge on any atom is 0.0655 e. The molecule has 13 heavy (non-hydrogen) atoms.